The molecule has 234 valence electrons. The van der Waals surface area contributed by atoms with Crippen LogP contribution in [-0.4, -0.2) is 91.2 Å². The summed E-state index contributed by atoms with van der Waals surface area (Å²) in [7, 11) is 0. The molecule has 0 radical (unpaired) electrons. The number of aromatic amines is 1. The Morgan fingerprint density at radius 1 is 1.09 bits per heavy atom. The molecule has 0 amide bonds. The van der Waals surface area contributed by atoms with Crippen molar-refractivity contribution in [2.24, 2.45) is 11.3 Å². The monoisotopic (exact) mass is 595 g/mol. The van der Waals surface area contributed by atoms with Crippen molar-refractivity contribution >= 4 is 5.97 Å². The fourth-order valence-corrected chi connectivity index (χ4v) is 6.63. The molecule has 2 aromatic heterocycles. The Kier molecular flexibility index (Phi) is 10.5. The zero-order valence-corrected chi connectivity index (χ0v) is 25.6. The third-order valence-electron chi connectivity index (χ3n) is 8.78. The number of aliphatic carboxylic acids is 1. The molecule has 5 rings (SSSR count). The minimum Gasteiger partial charge on any atom is -0.479 e. The average Bonchev–Trinajstić information content (AvgIpc) is 3.73. The number of nitrogens with one attached hydrogen (secondary N) is 1. The molecule has 2 aliphatic heterocycles. The Bertz CT molecular complexity index is 1300. The third kappa shape index (κ3) is 8.87. The number of imidazole rings is 2. The number of ether oxygens (including phenoxy) is 1. The van der Waals surface area contributed by atoms with Gasteiger partial charge in [-0.3, -0.25) is 4.90 Å². The van der Waals surface area contributed by atoms with Gasteiger partial charge in [0.25, 0.3) is 0 Å². The summed E-state index contributed by atoms with van der Waals surface area (Å²) in [5.74, 6) is 0.720. The van der Waals surface area contributed by atoms with Crippen LogP contribution in [0, 0.1) is 17.2 Å². The fourth-order valence-electron chi connectivity index (χ4n) is 6.63. The Hall–Kier alpha value is -3.28. The lowest BCUT2D eigenvalue weighted by Crippen LogP contribution is -2.42. The van der Waals surface area contributed by atoms with E-state index in [-0.39, 0.29) is 5.75 Å². The minimum absolute atomic E-state index is 0.0656. The van der Waals surface area contributed by atoms with E-state index >= 15 is 0 Å². The van der Waals surface area contributed by atoms with E-state index < -0.39 is 18.4 Å². The number of rotatable bonds is 15. The normalized spacial score (nSPS) is 17.4. The van der Waals surface area contributed by atoms with Gasteiger partial charge in [0.2, 0.25) is 0 Å². The van der Waals surface area contributed by atoms with Gasteiger partial charge < -0.3 is 29.2 Å². The molecule has 0 atom stereocenters. The number of hydrogen-bond donors (Lipinski definition) is 2. The topological polar surface area (TPSA) is 103 Å². The van der Waals surface area contributed by atoms with Gasteiger partial charge in [-0.2, -0.15) is 0 Å². The van der Waals surface area contributed by atoms with E-state index in [1.165, 1.54) is 58.1 Å². The number of carboxylic acids is 1. The van der Waals surface area contributed by atoms with Crippen molar-refractivity contribution in [1.29, 1.82) is 0 Å². The number of piperidine rings is 1. The SMILES string of the molecule is CC(C)CN1CCC2(CC1)CCN(CCCn1ccnc1CN(Cc1ccc(F)c(OCC(=O)O)c1)Cc1ncc[nH]1)C2. The molecule has 43 heavy (non-hydrogen) atoms. The molecule has 0 saturated carbocycles. The van der Waals surface area contributed by atoms with Crippen LogP contribution in [0.3, 0.4) is 0 Å². The first-order valence-electron chi connectivity index (χ1n) is 15.6. The van der Waals surface area contributed by atoms with Crippen LogP contribution >= 0.6 is 0 Å². The molecule has 1 spiro atoms. The fraction of sp³-hybridized carbons (Fsp3) is 0.594. The number of aromatic nitrogens is 4. The van der Waals surface area contributed by atoms with Crippen molar-refractivity contribution < 1.29 is 19.0 Å². The van der Waals surface area contributed by atoms with E-state index in [0.29, 0.717) is 25.0 Å². The van der Waals surface area contributed by atoms with E-state index in [2.05, 4.69) is 48.1 Å². The number of carboxylic acid groups (broad SMARTS) is 1. The lowest BCUT2D eigenvalue weighted by Gasteiger charge is -2.40. The van der Waals surface area contributed by atoms with Crippen LogP contribution in [0.1, 0.15) is 56.7 Å². The molecule has 2 N–H and O–H groups in total. The highest BCUT2D eigenvalue weighted by Crippen LogP contribution is 2.40. The summed E-state index contributed by atoms with van der Waals surface area (Å²) in [5.41, 5.74) is 1.32. The Morgan fingerprint density at radius 2 is 1.88 bits per heavy atom. The highest BCUT2D eigenvalue weighted by molar-refractivity contribution is 5.68. The summed E-state index contributed by atoms with van der Waals surface area (Å²) in [6.45, 7) is 13.8. The largest absolute Gasteiger partial charge is 0.479 e. The number of benzene rings is 1. The first-order valence-corrected chi connectivity index (χ1v) is 15.6. The van der Waals surface area contributed by atoms with Crippen molar-refractivity contribution in [3.05, 3.63) is 66.0 Å². The zero-order valence-electron chi connectivity index (χ0n) is 25.6. The highest BCUT2D eigenvalue weighted by Gasteiger charge is 2.40. The number of halogens is 1. The van der Waals surface area contributed by atoms with Crippen LogP contribution in [0.25, 0.3) is 0 Å². The lowest BCUT2D eigenvalue weighted by molar-refractivity contribution is -0.139. The van der Waals surface area contributed by atoms with Crippen molar-refractivity contribution in [1.82, 2.24) is 34.2 Å². The smallest absolute Gasteiger partial charge is 0.341 e. The minimum atomic E-state index is -1.15. The maximum atomic E-state index is 14.2. The molecular formula is C32H46FN7O3. The molecule has 0 unspecified atom stereocenters. The number of H-pyrrole nitrogens is 1. The molecule has 0 bridgehead atoms. The summed E-state index contributed by atoms with van der Waals surface area (Å²) < 4.78 is 21.6. The van der Waals surface area contributed by atoms with Crippen LogP contribution in [0.5, 0.6) is 5.75 Å². The molecule has 2 saturated heterocycles. The Morgan fingerprint density at radius 3 is 2.60 bits per heavy atom. The summed E-state index contributed by atoms with van der Waals surface area (Å²) in [6, 6.07) is 4.58. The van der Waals surface area contributed by atoms with E-state index in [0.717, 1.165) is 42.6 Å². The average molecular weight is 596 g/mol. The molecule has 3 aromatic rings. The molecule has 10 nitrogen and oxygen atoms in total. The van der Waals surface area contributed by atoms with Gasteiger partial charge in [0.15, 0.2) is 18.2 Å². The lowest BCUT2D eigenvalue weighted by atomic mass is 9.77. The molecule has 0 aliphatic carbocycles. The number of aryl methyl sites for hydroxylation is 1. The molecule has 11 heteroatoms. The predicted molar refractivity (Wildman–Crippen MR) is 162 cm³/mol. The van der Waals surface area contributed by atoms with E-state index in [9.17, 15) is 9.18 Å². The number of carbonyl (C=O) groups is 1. The quantitative estimate of drug-likeness (QED) is 0.269. The summed E-state index contributed by atoms with van der Waals surface area (Å²) in [4.78, 5) is 30.6. The Balaban J connectivity index is 1.15. The van der Waals surface area contributed by atoms with Crippen LogP contribution in [0.4, 0.5) is 4.39 Å². The summed E-state index contributed by atoms with van der Waals surface area (Å²) in [6.07, 6.45) is 12.5. The van der Waals surface area contributed by atoms with Crippen molar-refractivity contribution in [3.63, 3.8) is 0 Å². The van der Waals surface area contributed by atoms with E-state index in [1.54, 1.807) is 24.5 Å². The van der Waals surface area contributed by atoms with Gasteiger partial charge in [-0.05, 0) is 80.9 Å². The maximum Gasteiger partial charge on any atom is 0.341 e. The highest BCUT2D eigenvalue weighted by atomic mass is 19.1. The van der Waals surface area contributed by atoms with Crippen molar-refractivity contribution in [2.75, 3.05) is 45.9 Å². The van der Waals surface area contributed by atoms with Gasteiger partial charge in [-0.25, -0.2) is 19.2 Å². The van der Waals surface area contributed by atoms with Gasteiger partial charge in [0, 0.05) is 51.0 Å². The van der Waals surface area contributed by atoms with Crippen molar-refractivity contribution in [3.8, 4) is 5.75 Å². The molecule has 4 heterocycles. The van der Waals surface area contributed by atoms with Crippen LogP contribution in [-0.2, 0) is 31.0 Å². The van der Waals surface area contributed by atoms with E-state index in [4.69, 9.17) is 9.84 Å². The number of hydrogen-bond acceptors (Lipinski definition) is 7. The van der Waals surface area contributed by atoms with Crippen molar-refractivity contribution in [2.45, 2.75) is 65.7 Å². The number of nitrogens with zero attached hydrogens (tertiary/aromatic N) is 6. The van der Waals surface area contributed by atoms with Crippen LogP contribution in [0.2, 0.25) is 0 Å². The third-order valence-corrected chi connectivity index (χ3v) is 8.78. The van der Waals surface area contributed by atoms with Crippen LogP contribution < -0.4 is 4.74 Å². The predicted octanol–water partition coefficient (Wildman–Crippen LogP) is 4.25. The molecule has 2 aliphatic rings. The standard InChI is InChI=1S/C32H46FN7O3/c1-25(2)19-37-14-6-32(7-15-37)8-16-38(24-32)12-3-13-40-17-11-36-30(40)22-39(21-29-34-9-10-35-29)20-26-4-5-27(33)28(18-26)43-23-31(41)42/h4-5,9-11,17-18,25H,3,6-8,12-16,19-24H2,1-2H3,(H,34,35)(H,41,42). The van der Waals surface area contributed by atoms with Crippen LogP contribution in [0.15, 0.2) is 43.0 Å². The second-order valence-electron chi connectivity index (χ2n) is 12.7. The summed E-state index contributed by atoms with van der Waals surface area (Å²) >= 11 is 0. The maximum absolute atomic E-state index is 14.2. The van der Waals surface area contributed by atoms with Gasteiger partial charge in [-0.15, -0.1) is 0 Å². The first kappa shape index (κ1) is 31.2. The Labute approximate surface area is 253 Å². The number of likely N-dealkylation sites (tertiary alicyclic amines) is 2. The van der Waals surface area contributed by atoms with Gasteiger partial charge >= 0.3 is 5.97 Å². The second kappa shape index (κ2) is 14.5. The molecule has 1 aromatic carbocycles. The van der Waals surface area contributed by atoms with E-state index in [1.807, 2.05) is 12.4 Å². The molecule has 2 fully saturated rings. The second-order valence-corrected chi connectivity index (χ2v) is 12.7. The zero-order chi connectivity index (χ0) is 30.2. The first-order chi connectivity index (χ1) is 20.8. The van der Waals surface area contributed by atoms with Gasteiger partial charge in [-0.1, -0.05) is 19.9 Å². The van der Waals surface area contributed by atoms with Gasteiger partial charge in [0.05, 0.1) is 13.1 Å². The summed E-state index contributed by atoms with van der Waals surface area (Å²) in [5, 5.41) is 8.93. The molecular weight excluding hydrogens is 549 g/mol. The van der Waals surface area contributed by atoms with Gasteiger partial charge in [0.1, 0.15) is 11.6 Å².